The summed E-state index contributed by atoms with van der Waals surface area (Å²) in [5.74, 6) is -9.26. The number of aliphatic hydroxyl groups excluding tert-OH is 2. The van der Waals surface area contributed by atoms with Crippen molar-refractivity contribution < 1.29 is 44.0 Å². The number of likely N-dealkylation sites (N-methyl/N-ethyl adjacent to an activating group) is 2. The van der Waals surface area contributed by atoms with Gasteiger partial charge in [0.2, 0.25) is 11.7 Å². The first-order chi connectivity index (χ1) is 18.1. The van der Waals surface area contributed by atoms with Crippen molar-refractivity contribution in [3.63, 3.8) is 0 Å². The van der Waals surface area contributed by atoms with E-state index < -0.39 is 69.6 Å². The third-order valence-electron chi connectivity index (χ3n) is 7.66. The Morgan fingerprint density at radius 3 is 2.38 bits per heavy atom. The lowest BCUT2D eigenvalue weighted by atomic mass is 9.57. The molecule has 3 aliphatic rings. The van der Waals surface area contributed by atoms with Gasteiger partial charge in [0.05, 0.1) is 18.2 Å². The van der Waals surface area contributed by atoms with Gasteiger partial charge in [0.1, 0.15) is 28.7 Å². The summed E-state index contributed by atoms with van der Waals surface area (Å²) in [5.41, 5.74) is 0.746. The number of hydrogen-bond donors (Lipinski definition) is 6. The largest absolute Gasteiger partial charge is 0.508 e. The number of halogens is 1. The van der Waals surface area contributed by atoms with E-state index in [1.807, 2.05) is 0 Å². The number of carbonyl (C=O) groups excluding carboxylic acids is 4. The molecular weight excluding hydrogens is 515 g/mol. The summed E-state index contributed by atoms with van der Waals surface area (Å²) in [7, 11) is 6.36. The van der Waals surface area contributed by atoms with Gasteiger partial charge in [-0.15, -0.1) is 0 Å². The first kappa shape index (κ1) is 28.2. The summed E-state index contributed by atoms with van der Waals surface area (Å²) in [6.07, 6.45) is -0.344. The van der Waals surface area contributed by atoms with E-state index in [1.54, 1.807) is 19.0 Å². The third-order valence-corrected chi connectivity index (χ3v) is 7.66. The molecule has 1 aromatic carbocycles. The second-order valence-electron chi connectivity index (χ2n) is 10.7. The van der Waals surface area contributed by atoms with Crippen LogP contribution in [0.25, 0.3) is 5.76 Å². The van der Waals surface area contributed by atoms with E-state index in [0.717, 1.165) is 6.07 Å². The van der Waals surface area contributed by atoms with Crippen LogP contribution in [-0.2, 0) is 32.1 Å². The zero-order valence-electron chi connectivity index (χ0n) is 21.9. The number of nitrogens with zero attached hydrogens (tertiary/aromatic N) is 2. The first-order valence-corrected chi connectivity index (χ1v) is 12.2. The highest BCUT2D eigenvalue weighted by Gasteiger charge is 2.64. The summed E-state index contributed by atoms with van der Waals surface area (Å²) in [5, 5.41) is 46.8. The summed E-state index contributed by atoms with van der Waals surface area (Å²) in [6, 6.07) is -0.213. The number of amides is 2. The van der Waals surface area contributed by atoms with E-state index in [-0.39, 0.29) is 54.1 Å². The van der Waals surface area contributed by atoms with E-state index in [1.165, 1.54) is 19.0 Å². The van der Waals surface area contributed by atoms with Crippen molar-refractivity contribution in [3.8, 4) is 5.75 Å². The molecule has 4 rings (SSSR count). The topological polar surface area (TPSA) is 194 Å². The molecule has 13 heteroatoms. The Bertz CT molecular complexity index is 1370. The van der Waals surface area contributed by atoms with Crippen LogP contribution in [0.15, 0.2) is 23.0 Å². The van der Waals surface area contributed by atoms with Gasteiger partial charge in [-0.25, -0.2) is 4.39 Å². The molecule has 0 heterocycles. The van der Waals surface area contributed by atoms with Gasteiger partial charge in [-0.3, -0.25) is 24.1 Å². The summed E-state index contributed by atoms with van der Waals surface area (Å²) < 4.78 is 15.7. The molecule has 0 radical (unpaired) electrons. The van der Waals surface area contributed by atoms with Crippen LogP contribution in [0.4, 0.5) is 4.39 Å². The highest BCUT2D eigenvalue weighted by atomic mass is 19.1. The van der Waals surface area contributed by atoms with Gasteiger partial charge in [0, 0.05) is 29.2 Å². The number of carbonyl (C=O) groups is 4. The predicted molar refractivity (Wildman–Crippen MR) is 135 cm³/mol. The number of aliphatic hydroxyl groups is 3. The molecule has 0 aromatic heterocycles. The van der Waals surface area contributed by atoms with E-state index in [9.17, 15) is 39.6 Å². The number of rotatable bonds is 6. The molecule has 0 unspecified atom stereocenters. The minimum Gasteiger partial charge on any atom is -0.508 e. The number of aromatic hydroxyl groups is 1. The maximum atomic E-state index is 15.7. The van der Waals surface area contributed by atoms with Gasteiger partial charge < -0.3 is 36.4 Å². The second-order valence-corrected chi connectivity index (χ2v) is 10.7. The van der Waals surface area contributed by atoms with Crippen molar-refractivity contribution in [1.29, 1.82) is 0 Å². The molecule has 0 bridgehead atoms. The van der Waals surface area contributed by atoms with Crippen LogP contribution >= 0.6 is 0 Å². The van der Waals surface area contributed by atoms with E-state index in [0.29, 0.717) is 0 Å². The number of hydrogen-bond acceptors (Lipinski definition) is 10. The third kappa shape index (κ3) is 4.26. The second kappa shape index (κ2) is 9.74. The van der Waals surface area contributed by atoms with E-state index >= 15 is 4.39 Å². The molecule has 7 N–H and O–H groups in total. The van der Waals surface area contributed by atoms with Gasteiger partial charge in [-0.1, -0.05) is 0 Å². The number of fused-ring (bicyclic) bond motifs is 3. The van der Waals surface area contributed by atoms with Crippen LogP contribution in [0.3, 0.4) is 0 Å². The molecule has 39 heavy (non-hydrogen) atoms. The molecule has 0 aliphatic heterocycles. The molecule has 2 amide bonds. The summed E-state index contributed by atoms with van der Waals surface area (Å²) in [4.78, 5) is 53.9. The van der Waals surface area contributed by atoms with Crippen molar-refractivity contribution in [2.75, 3.05) is 34.7 Å². The number of phenols is 1. The number of primary amides is 1. The average molecular weight is 547 g/mol. The van der Waals surface area contributed by atoms with Crippen molar-refractivity contribution in [2.45, 2.75) is 31.0 Å². The molecule has 4 atom stereocenters. The van der Waals surface area contributed by atoms with Crippen LogP contribution in [0.2, 0.25) is 0 Å². The van der Waals surface area contributed by atoms with Gasteiger partial charge in [0.25, 0.3) is 5.91 Å². The fourth-order valence-electron chi connectivity index (χ4n) is 6.01. The Hall–Kier alpha value is -3.81. The van der Waals surface area contributed by atoms with Crippen LogP contribution in [0.5, 0.6) is 5.75 Å². The fraction of sp³-hybridized carbons (Fsp3) is 0.462. The van der Waals surface area contributed by atoms with Gasteiger partial charge in [-0.05, 0) is 53.0 Å². The van der Waals surface area contributed by atoms with Crippen molar-refractivity contribution in [3.05, 3.63) is 45.5 Å². The fourth-order valence-corrected chi connectivity index (χ4v) is 6.01. The SMILES string of the molecule is CN(C)CC(=O)NCc1cc(O)c2c(c1F)C[C@H]1C[C@H]3[C@H](N(C)C)C(=O)C(C(N)=O)=C(O)[C@@]3(O)C(=O)C1=C2O. The van der Waals surface area contributed by atoms with Gasteiger partial charge >= 0.3 is 0 Å². The van der Waals surface area contributed by atoms with Crippen LogP contribution < -0.4 is 11.1 Å². The maximum Gasteiger partial charge on any atom is 0.255 e. The zero-order chi connectivity index (χ0) is 29.1. The molecule has 1 saturated carbocycles. The van der Waals surface area contributed by atoms with Gasteiger partial charge in [-0.2, -0.15) is 0 Å². The molecular formula is C26H31FN4O8. The Kier molecular flexibility index (Phi) is 7.04. The average Bonchev–Trinajstić information content (AvgIpc) is 2.81. The maximum absolute atomic E-state index is 15.7. The van der Waals surface area contributed by atoms with Crippen LogP contribution in [0, 0.1) is 17.7 Å². The Morgan fingerprint density at radius 2 is 1.82 bits per heavy atom. The Balaban J connectivity index is 1.83. The van der Waals surface area contributed by atoms with E-state index in [2.05, 4.69) is 5.32 Å². The highest BCUT2D eigenvalue weighted by molar-refractivity contribution is 6.24. The van der Waals surface area contributed by atoms with Crippen molar-refractivity contribution >= 4 is 29.1 Å². The Morgan fingerprint density at radius 1 is 1.18 bits per heavy atom. The number of nitrogens with two attached hydrogens (primary N) is 1. The van der Waals surface area contributed by atoms with Gasteiger partial charge in [0.15, 0.2) is 11.4 Å². The molecule has 1 fully saturated rings. The lowest BCUT2D eigenvalue weighted by molar-refractivity contribution is -0.153. The van der Waals surface area contributed by atoms with E-state index in [4.69, 9.17) is 5.73 Å². The van der Waals surface area contributed by atoms with Crippen molar-refractivity contribution in [1.82, 2.24) is 15.1 Å². The molecule has 0 saturated heterocycles. The number of benzene rings is 1. The van der Waals surface area contributed by atoms with Crippen LogP contribution in [0.1, 0.15) is 23.1 Å². The predicted octanol–water partition coefficient (Wildman–Crippen LogP) is -0.719. The number of Topliss-reactive ketones (excluding diaryl/α,β-unsaturated/α-hetero) is 2. The Labute approximate surface area is 223 Å². The summed E-state index contributed by atoms with van der Waals surface area (Å²) in [6.45, 7) is -0.182. The normalized spacial score (nSPS) is 26.5. The lowest BCUT2D eigenvalue weighted by Gasteiger charge is -2.50. The monoisotopic (exact) mass is 546 g/mol. The quantitative estimate of drug-likeness (QED) is 0.248. The lowest BCUT2D eigenvalue weighted by Crippen LogP contribution is -2.65. The zero-order valence-corrected chi connectivity index (χ0v) is 21.9. The van der Waals surface area contributed by atoms with Crippen molar-refractivity contribution in [2.24, 2.45) is 17.6 Å². The first-order valence-electron chi connectivity index (χ1n) is 12.2. The smallest absolute Gasteiger partial charge is 0.255 e. The summed E-state index contributed by atoms with van der Waals surface area (Å²) >= 11 is 0. The number of nitrogens with one attached hydrogen (secondary N) is 1. The molecule has 210 valence electrons. The van der Waals surface area contributed by atoms with Crippen LogP contribution in [-0.4, -0.2) is 100.0 Å². The minimum absolute atomic E-state index is 0.0427. The minimum atomic E-state index is -2.77. The standard InChI is InChI=1S/C26H31FN4O8/c1-30(2)9-15(33)29-8-11-7-14(32)17-12(19(11)27)5-10-6-13-20(31(3)4)22(35)18(25(28)38)24(37)26(13,39)23(36)16(10)21(17)34/h7,10,13,20,32,34,37,39H,5-6,8-9H2,1-4H3,(H2,28,38)(H,29,33)/t10-,13-,20-,26-/m0/s1. The molecule has 3 aliphatic carbocycles. The molecule has 12 nitrogen and oxygen atoms in total. The number of ketones is 2. The highest BCUT2D eigenvalue weighted by Crippen LogP contribution is 2.53. The molecule has 0 spiro atoms. The molecule has 1 aromatic rings. The number of phenolic OH excluding ortho intramolecular Hbond substituents is 1.